The molecule has 3 rings (SSSR count). The molecule has 1 aliphatic heterocycles. The van der Waals surface area contributed by atoms with Crippen LogP contribution in [0.1, 0.15) is 46.1 Å². The fourth-order valence-corrected chi connectivity index (χ4v) is 3.06. The van der Waals surface area contributed by atoms with E-state index in [0.717, 1.165) is 24.1 Å². The molecule has 0 radical (unpaired) electrons. The van der Waals surface area contributed by atoms with Gasteiger partial charge in [0.15, 0.2) is 0 Å². The first-order valence-corrected chi connectivity index (χ1v) is 7.98. The minimum Gasteiger partial charge on any atom is -0.372 e. The van der Waals surface area contributed by atoms with Gasteiger partial charge in [0.1, 0.15) is 6.10 Å². The molecule has 24 heavy (non-hydrogen) atoms. The molecule has 1 saturated heterocycles. The minimum absolute atomic E-state index is 0.0567. The normalized spacial score (nSPS) is 20.4. The van der Waals surface area contributed by atoms with Crippen LogP contribution in [0.3, 0.4) is 0 Å². The number of ether oxygens (including phenoxy) is 1. The van der Waals surface area contributed by atoms with Crippen LogP contribution in [-0.2, 0) is 11.8 Å². The molecule has 1 aromatic heterocycles. The molecule has 6 heteroatoms. The van der Waals surface area contributed by atoms with E-state index in [9.17, 15) is 4.79 Å². The molecule has 1 aromatic carbocycles. The second-order valence-electron chi connectivity index (χ2n) is 6.13. The van der Waals surface area contributed by atoms with E-state index in [2.05, 4.69) is 16.4 Å². The van der Waals surface area contributed by atoms with E-state index in [1.807, 2.05) is 18.5 Å². The zero-order chi connectivity index (χ0) is 17.1. The predicted molar refractivity (Wildman–Crippen MR) is 88.3 cm³/mol. The second-order valence-corrected chi connectivity index (χ2v) is 6.13. The van der Waals surface area contributed by atoms with Gasteiger partial charge in [-0.05, 0) is 43.5 Å². The summed E-state index contributed by atoms with van der Waals surface area (Å²) < 4.78 is 7.77. The Morgan fingerprint density at radius 3 is 3.00 bits per heavy atom. The number of imidazole rings is 1. The summed E-state index contributed by atoms with van der Waals surface area (Å²) in [6.45, 7) is 2.45. The van der Waals surface area contributed by atoms with E-state index in [0.29, 0.717) is 17.7 Å². The Hall–Kier alpha value is -2.65. The molecule has 2 atom stereocenters. The number of carbonyl (C=O) groups is 1. The highest BCUT2D eigenvalue weighted by Crippen LogP contribution is 2.27. The number of nitrogens with one attached hydrogen (secondary N) is 1. The predicted octanol–water partition coefficient (Wildman–Crippen LogP) is 2.25. The summed E-state index contributed by atoms with van der Waals surface area (Å²) >= 11 is 0. The highest BCUT2D eigenvalue weighted by Gasteiger charge is 2.27. The SMILES string of the molecule is Cc1cc(C#N)ccc1C(=O)N[C@@H]1CCO[C@H](c2cncn2C)C1. The van der Waals surface area contributed by atoms with Gasteiger partial charge in [-0.1, -0.05) is 0 Å². The molecule has 2 aromatic rings. The monoisotopic (exact) mass is 324 g/mol. The van der Waals surface area contributed by atoms with Crippen LogP contribution in [-0.4, -0.2) is 28.1 Å². The summed E-state index contributed by atoms with van der Waals surface area (Å²) in [6.07, 6.45) is 5.01. The van der Waals surface area contributed by atoms with Gasteiger partial charge in [-0.2, -0.15) is 5.26 Å². The lowest BCUT2D eigenvalue weighted by atomic mass is 9.99. The lowest BCUT2D eigenvalue weighted by Crippen LogP contribution is -2.40. The summed E-state index contributed by atoms with van der Waals surface area (Å²) in [7, 11) is 1.94. The first kappa shape index (κ1) is 16.2. The molecule has 1 N–H and O–H groups in total. The molecule has 1 fully saturated rings. The average Bonchev–Trinajstić information content (AvgIpc) is 3.01. The standard InChI is InChI=1S/C18H20N4O2/c1-12-7-13(9-19)3-4-15(12)18(23)21-14-5-6-24-17(8-14)16-10-20-11-22(16)2/h3-4,7,10-11,14,17H,5-6,8H2,1-2H3,(H,21,23)/t14-,17+/m1/s1. The summed E-state index contributed by atoms with van der Waals surface area (Å²) in [5, 5.41) is 12.0. The maximum Gasteiger partial charge on any atom is 0.251 e. The molecule has 0 aliphatic carbocycles. The molecule has 0 unspecified atom stereocenters. The zero-order valence-corrected chi connectivity index (χ0v) is 13.8. The van der Waals surface area contributed by atoms with Crippen molar-refractivity contribution in [2.75, 3.05) is 6.61 Å². The maximum atomic E-state index is 12.5. The lowest BCUT2D eigenvalue weighted by Gasteiger charge is -2.30. The molecular formula is C18H20N4O2. The van der Waals surface area contributed by atoms with E-state index in [1.165, 1.54) is 0 Å². The smallest absolute Gasteiger partial charge is 0.251 e. The topological polar surface area (TPSA) is 79.9 Å². The number of hydrogen-bond acceptors (Lipinski definition) is 4. The van der Waals surface area contributed by atoms with E-state index >= 15 is 0 Å². The molecule has 2 heterocycles. The average molecular weight is 324 g/mol. The van der Waals surface area contributed by atoms with Crippen molar-refractivity contribution in [2.45, 2.75) is 31.9 Å². The largest absolute Gasteiger partial charge is 0.372 e. The molecular weight excluding hydrogens is 304 g/mol. The third-order valence-electron chi connectivity index (χ3n) is 4.40. The number of aryl methyl sites for hydroxylation is 2. The maximum absolute atomic E-state index is 12.5. The number of rotatable bonds is 3. The molecule has 0 saturated carbocycles. The molecule has 0 spiro atoms. The fraction of sp³-hybridized carbons (Fsp3) is 0.389. The Morgan fingerprint density at radius 1 is 1.50 bits per heavy atom. The van der Waals surface area contributed by atoms with Gasteiger partial charge in [0.05, 0.1) is 29.9 Å². The van der Waals surface area contributed by atoms with Gasteiger partial charge in [-0.15, -0.1) is 0 Å². The molecule has 0 bridgehead atoms. The van der Waals surface area contributed by atoms with Crippen LogP contribution in [0, 0.1) is 18.3 Å². The first-order valence-electron chi connectivity index (χ1n) is 7.98. The van der Waals surface area contributed by atoms with E-state index in [4.69, 9.17) is 10.00 Å². The van der Waals surface area contributed by atoms with E-state index in [-0.39, 0.29) is 18.1 Å². The molecule has 124 valence electrons. The molecule has 1 amide bonds. The van der Waals surface area contributed by atoms with Crippen LogP contribution in [0.15, 0.2) is 30.7 Å². The van der Waals surface area contributed by atoms with E-state index < -0.39 is 0 Å². The van der Waals surface area contributed by atoms with Crippen molar-refractivity contribution < 1.29 is 9.53 Å². The first-order chi connectivity index (χ1) is 11.6. The van der Waals surface area contributed by atoms with Crippen LogP contribution in [0.4, 0.5) is 0 Å². The van der Waals surface area contributed by atoms with Gasteiger partial charge in [0.2, 0.25) is 0 Å². The number of nitrogens with zero attached hydrogens (tertiary/aromatic N) is 3. The van der Waals surface area contributed by atoms with Crippen molar-refractivity contribution in [3.05, 3.63) is 53.1 Å². The number of carbonyl (C=O) groups excluding carboxylic acids is 1. The second kappa shape index (κ2) is 6.85. The Labute approximate surface area is 141 Å². The fourth-order valence-electron chi connectivity index (χ4n) is 3.06. The molecule has 6 nitrogen and oxygen atoms in total. The van der Waals surface area contributed by atoms with Gasteiger partial charge in [0, 0.05) is 25.3 Å². The van der Waals surface area contributed by atoms with Crippen molar-refractivity contribution in [3.8, 4) is 6.07 Å². The van der Waals surface area contributed by atoms with Crippen LogP contribution >= 0.6 is 0 Å². The number of amides is 1. The summed E-state index contributed by atoms with van der Waals surface area (Å²) in [5.41, 5.74) is 2.99. The number of benzene rings is 1. The minimum atomic E-state index is -0.104. The van der Waals surface area contributed by atoms with Crippen molar-refractivity contribution in [2.24, 2.45) is 7.05 Å². The summed E-state index contributed by atoms with van der Waals surface area (Å²) in [4.78, 5) is 16.7. The van der Waals surface area contributed by atoms with Gasteiger partial charge in [-0.25, -0.2) is 4.98 Å². The third-order valence-corrected chi connectivity index (χ3v) is 4.40. The van der Waals surface area contributed by atoms with Gasteiger partial charge < -0.3 is 14.6 Å². The Kier molecular flexibility index (Phi) is 4.63. The zero-order valence-electron chi connectivity index (χ0n) is 13.8. The van der Waals surface area contributed by atoms with Crippen molar-refractivity contribution in [1.29, 1.82) is 5.26 Å². The lowest BCUT2D eigenvalue weighted by molar-refractivity contribution is -0.00302. The number of aromatic nitrogens is 2. The Morgan fingerprint density at radius 2 is 2.33 bits per heavy atom. The number of nitriles is 1. The van der Waals surface area contributed by atoms with Gasteiger partial charge >= 0.3 is 0 Å². The Balaban J connectivity index is 1.68. The summed E-state index contributed by atoms with van der Waals surface area (Å²) in [5.74, 6) is -0.104. The van der Waals surface area contributed by atoms with Crippen molar-refractivity contribution >= 4 is 5.91 Å². The molecule has 1 aliphatic rings. The van der Waals surface area contributed by atoms with Crippen molar-refractivity contribution in [3.63, 3.8) is 0 Å². The van der Waals surface area contributed by atoms with E-state index in [1.54, 1.807) is 30.7 Å². The Bertz CT molecular complexity index is 791. The quantitative estimate of drug-likeness (QED) is 0.939. The van der Waals surface area contributed by atoms with Gasteiger partial charge in [-0.3, -0.25) is 4.79 Å². The van der Waals surface area contributed by atoms with Gasteiger partial charge in [0.25, 0.3) is 5.91 Å². The van der Waals surface area contributed by atoms with Crippen LogP contribution < -0.4 is 5.32 Å². The summed E-state index contributed by atoms with van der Waals surface area (Å²) in [6, 6.07) is 7.26. The van der Waals surface area contributed by atoms with Crippen LogP contribution in [0.5, 0.6) is 0 Å². The third kappa shape index (κ3) is 3.31. The number of hydrogen-bond donors (Lipinski definition) is 1. The van der Waals surface area contributed by atoms with Crippen LogP contribution in [0.2, 0.25) is 0 Å². The highest BCUT2D eigenvalue weighted by molar-refractivity contribution is 5.96. The highest BCUT2D eigenvalue weighted by atomic mass is 16.5. The van der Waals surface area contributed by atoms with Crippen LogP contribution in [0.25, 0.3) is 0 Å². The van der Waals surface area contributed by atoms with Crippen molar-refractivity contribution in [1.82, 2.24) is 14.9 Å².